The van der Waals surface area contributed by atoms with Crippen molar-refractivity contribution in [2.24, 2.45) is 4.99 Å². The maximum atomic E-state index is 12.0. The lowest BCUT2D eigenvalue weighted by Gasteiger charge is -2.35. The number of anilines is 1. The Morgan fingerprint density at radius 3 is 2.50 bits per heavy atom. The summed E-state index contributed by atoms with van der Waals surface area (Å²) in [5.41, 5.74) is 2.53. The van der Waals surface area contributed by atoms with E-state index in [2.05, 4.69) is 69.1 Å². The molecule has 0 spiro atoms. The number of carbonyl (C=O) groups excluding carboxylic acids is 1. The summed E-state index contributed by atoms with van der Waals surface area (Å²) < 4.78 is 0. The molecule has 6 heteroatoms. The van der Waals surface area contributed by atoms with Crippen molar-refractivity contribution in [3.8, 4) is 0 Å². The molecule has 1 atom stereocenters. The van der Waals surface area contributed by atoms with E-state index in [0.29, 0.717) is 5.96 Å². The predicted octanol–water partition coefficient (Wildman–Crippen LogP) is 2.52. The normalized spacial score (nSPS) is 16.8. The van der Waals surface area contributed by atoms with Crippen molar-refractivity contribution in [2.45, 2.75) is 25.3 Å². The van der Waals surface area contributed by atoms with E-state index in [1.54, 1.807) is 19.0 Å². The van der Waals surface area contributed by atoms with Gasteiger partial charge in [-0.2, -0.15) is 0 Å². The van der Waals surface area contributed by atoms with Gasteiger partial charge in [-0.1, -0.05) is 48.5 Å². The van der Waals surface area contributed by atoms with Gasteiger partial charge in [0.15, 0.2) is 5.96 Å². The topological polar surface area (TPSA) is 60.0 Å². The minimum absolute atomic E-state index is 0.00582. The number of nitrogens with one attached hydrogen (secondary N) is 2. The molecule has 1 aliphatic rings. The molecule has 0 radical (unpaired) electrons. The lowest BCUT2D eigenvalue weighted by Crippen LogP contribution is -2.51. The third-order valence-corrected chi connectivity index (χ3v) is 5.30. The highest BCUT2D eigenvalue weighted by Gasteiger charge is 2.21. The molecule has 2 N–H and O–H groups in total. The molecule has 1 saturated heterocycles. The number of benzene rings is 2. The molecule has 0 bridgehead atoms. The summed E-state index contributed by atoms with van der Waals surface area (Å²) in [6.45, 7) is 2.89. The van der Waals surface area contributed by atoms with Crippen LogP contribution < -0.4 is 15.5 Å². The molecule has 0 aromatic heterocycles. The Morgan fingerprint density at radius 1 is 1.10 bits per heavy atom. The zero-order chi connectivity index (χ0) is 21.2. The molecule has 6 nitrogen and oxygen atoms in total. The average Bonchev–Trinajstić information content (AvgIpc) is 2.78. The number of hydrogen-bond donors (Lipinski definition) is 2. The zero-order valence-corrected chi connectivity index (χ0v) is 18.1. The SMILES string of the molecule is CN(C)C(=O)CN=C(NCCc1ccccc1)NC1CCCN(c2ccccc2)C1. The molecule has 1 aliphatic heterocycles. The minimum atomic E-state index is -0.00582. The van der Waals surface area contributed by atoms with Gasteiger partial charge >= 0.3 is 0 Å². The molecule has 2 aromatic rings. The smallest absolute Gasteiger partial charge is 0.243 e. The van der Waals surface area contributed by atoms with Crippen molar-refractivity contribution in [3.63, 3.8) is 0 Å². The molecular weight excluding hydrogens is 374 g/mol. The summed E-state index contributed by atoms with van der Waals surface area (Å²) in [4.78, 5) is 20.6. The summed E-state index contributed by atoms with van der Waals surface area (Å²) in [6, 6.07) is 21.2. The fraction of sp³-hybridized carbons (Fsp3) is 0.417. The van der Waals surface area contributed by atoms with Crippen molar-refractivity contribution < 1.29 is 4.79 Å². The number of guanidine groups is 1. The van der Waals surface area contributed by atoms with E-state index in [4.69, 9.17) is 0 Å². The highest BCUT2D eigenvalue weighted by atomic mass is 16.2. The summed E-state index contributed by atoms with van der Waals surface area (Å²) >= 11 is 0. The van der Waals surface area contributed by atoms with Gasteiger partial charge in [0.25, 0.3) is 0 Å². The van der Waals surface area contributed by atoms with E-state index in [1.807, 2.05) is 12.1 Å². The maximum absolute atomic E-state index is 12.0. The number of aliphatic imine (C=N–C) groups is 1. The standard InChI is InChI=1S/C24H33N5O/c1-28(2)23(30)18-26-24(25-16-15-20-10-5-3-6-11-20)27-21-12-9-17-29(19-21)22-13-7-4-8-14-22/h3-8,10-11,13-14,21H,9,12,15-19H2,1-2H3,(H2,25,26,27). The molecule has 1 fully saturated rings. The molecule has 30 heavy (non-hydrogen) atoms. The highest BCUT2D eigenvalue weighted by molar-refractivity contribution is 5.85. The van der Waals surface area contributed by atoms with E-state index in [0.717, 1.165) is 38.9 Å². The van der Waals surface area contributed by atoms with Crippen LogP contribution in [-0.2, 0) is 11.2 Å². The van der Waals surface area contributed by atoms with Crippen LogP contribution in [0.4, 0.5) is 5.69 Å². The lowest BCUT2D eigenvalue weighted by atomic mass is 10.0. The Labute approximate surface area is 180 Å². The Balaban J connectivity index is 1.60. The Kier molecular flexibility index (Phi) is 8.12. The highest BCUT2D eigenvalue weighted by Crippen LogP contribution is 2.19. The van der Waals surface area contributed by atoms with Gasteiger partial charge in [0.1, 0.15) is 6.54 Å². The van der Waals surface area contributed by atoms with Crippen LogP contribution in [-0.4, -0.2) is 63.1 Å². The van der Waals surface area contributed by atoms with Gasteiger partial charge in [0.2, 0.25) is 5.91 Å². The van der Waals surface area contributed by atoms with Gasteiger partial charge in [0.05, 0.1) is 0 Å². The fourth-order valence-electron chi connectivity index (χ4n) is 3.57. The summed E-state index contributed by atoms with van der Waals surface area (Å²) in [5.74, 6) is 0.703. The summed E-state index contributed by atoms with van der Waals surface area (Å²) in [5, 5.41) is 6.98. The monoisotopic (exact) mass is 407 g/mol. The van der Waals surface area contributed by atoms with Gasteiger partial charge in [-0.3, -0.25) is 4.79 Å². The lowest BCUT2D eigenvalue weighted by molar-refractivity contribution is -0.127. The first kappa shape index (κ1) is 21.7. The van der Waals surface area contributed by atoms with E-state index in [-0.39, 0.29) is 18.5 Å². The minimum Gasteiger partial charge on any atom is -0.369 e. The van der Waals surface area contributed by atoms with E-state index in [9.17, 15) is 4.79 Å². The number of amides is 1. The molecule has 0 saturated carbocycles. The quantitative estimate of drug-likeness (QED) is 0.547. The second-order valence-electron chi connectivity index (χ2n) is 7.88. The zero-order valence-electron chi connectivity index (χ0n) is 18.1. The first-order valence-electron chi connectivity index (χ1n) is 10.7. The number of nitrogens with zero attached hydrogens (tertiary/aromatic N) is 3. The maximum Gasteiger partial charge on any atom is 0.243 e. The van der Waals surface area contributed by atoms with E-state index >= 15 is 0 Å². The molecular formula is C24H33N5O. The second kappa shape index (κ2) is 11.2. The van der Waals surface area contributed by atoms with Crippen LogP contribution in [0.3, 0.4) is 0 Å². The number of piperidine rings is 1. The number of hydrogen-bond acceptors (Lipinski definition) is 3. The number of rotatable bonds is 7. The molecule has 1 heterocycles. The van der Waals surface area contributed by atoms with Gasteiger partial charge < -0.3 is 20.4 Å². The Morgan fingerprint density at radius 2 is 1.80 bits per heavy atom. The Hall–Kier alpha value is -3.02. The average molecular weight is 408 g/mol. The van der Waals surface area contributed by atoms with Crippen LogP contribution in [0.2, 0.25) is 0 Å². The largest absolute Gasteiger partial charge is 0.369 e. The molecule has 3 rings (SSSR count). The first-order valence-corrected chi connectivity index (χ1v) is 10.7. The van der Waals surface area contributed by atoms with Crippen LogP contribution in [0.25, 0.3) is 0 Å². The van der Waals surface area contributed by atoms with E-state index in [1.165, 1.54) is 11.3 Å². The predicted molar refractivity (Wildman–Crippen MR) is 124 cm³/mol. The van der Waals surface area contributed by atoms with Crippen LogP contribution >= 0.6 is 0 Å². The van der Waals surface area contributed by atoms with Gasteiger partial charge in [-0.15, -0.1) is 0 Å². The van der Waals surface area contributed by atoms with Crippen molar-refractivity contribution in [2.75, 3.05) is 45.2 Å². The molecule has 0 aliphatic carbocycles. The van der Waals surface area contributed by atoms with Crippen LogP contribution in [0, 0.1) is 0 Å². The van der Waals surface area contributed by atoms with Crippen molar-refractivity contribution in [3.05, 3.63) is 66.2 Å². The van der Waals surface area contributed by atoms with Crippen molar-refractivity contribution in [1.29, 1.82) is 0 Å². The van der Waals surface area contributed by atoms with Crippen LogP contribution in [0.5, 0.6) is 0 Å². The van der Waals surface area contributed by atoms with Gasteiger partial charge in [0, 0.05) is 45.5 Å². The van der Waals surface area contributed by atoms with Gasteiger partial charge in [-0.05, 0) is 37.0 Å². The van der Waals surface area contributed by atoms with Crippen LogP contribution in [0.1, 0.15) is 18.4 Å². The third-order valence-electron chi connectivity index (χ3n) is 5.30. The van der Waals surface area contributed by atoms with Crippen molar-refractivity contribution >= 4 is 17.6 Å². The molecule has 1 amide bonds. The third kappa shape index (κ3) is 6.79. The first-order chi connectivity index (χ1) is 14.6. The summed E-state index contributed by atoms with van der Waals surface area (Å²) in [6.07, 6.45) is 3.12. The molecule has 1 unspecified atom stereocenters. The molecule has 160 valence electrons. The van der Waals surface area contributed by atoms with Gasteiger partial charge in [-0.25, -0.2) is 4.99 Å². The number of carbonyl (C=O) groups is 1. The van der Waals surface area contributed by atoms with Crippen molar-refractivity contribution in [1.82, 2.24) is 15.5 Å². The number of likely N-dealkylation sites (N-methyl/N-ethyl adjacent to an activating group) is 1. The second-order valence-corrected chi connectivity index (χ2v) is 7.88. The summed E-state index contributed by atoms with van der Waals surface area (Å²) in [7, 11) is 3.51. The van der Waals surface area contributed by atoms with Crippen LogP contribution in [0.15, 0.2) is 65.7 Å². The fourth-order valence-corrected chi connectivity index (χ4v) is 3.57. The Bertz CT molecular complexity index is 807. The molecule has 2 aromatic carbocycles. The number of para-hydroxylation sites is 1. The van der Waals surface area contributed by atoms with E-state index < -0.39 is 0 Å².